The number of nitrogens with zero attached hydrogens (tertiary/aromatic N) is 2. The van der Waals surface area contributed by atoms with Crippen LogP contribution in [0.4, 0.5) is 41.6 Å². The van der Waals surface area contributed by atoms with Gasteiger partial charge in [0.05, 0.1) is 36.1 Å². The first kappa shape index (κ1) is 32.8. The number of amides is 2. The van der Waals surface area contributed by atoms with Crippen LogP contribution >= 0.6 is 0 Å². The first-order chi connectivity index (χ1) is 20.0. The molecular weight excluding hydrogens is 602 g/mol. The lowest BCUT2D eigenvalue weighted by molar-refractivity contribution is -0.143. The van der Waals surface area contributed by atoms with Crippen molar-refractivity contribution in [3.05, 3.63) is 58.7 Å². The fourth-order valence-electron chi connectivity index (χ4n) is 5.37. The Kier molecular flexibility index (Phi) is 9.50. The van der Waals surface area contributed by atoms with Gasteiger partial charge in [-0.15, -0.1) is 0 Å². The monoisotopic (exact) mass is 634 g/mol. The molecule has 0 bridgehead atoms. The summed E-state index contributed by atoms with van der Waals surface area (Å²) in [4.78, 5) is 29.5. The van der Waals surface area contributed by atoms with Crippen LogP contribution in [0.3, 0.4) is 0 Å². The molecule has 2 aromatic rings. The summed E-state index contributed by atoms with van der Waals surface area (Å²) in [5, 5.41) is 0. The molecule has 2 amide bonds. The second-order valence-corrected chi connectivity index (χ2v) is 12.6. The maximum absolute atomic E-state index is 13.6. The van der Waals surface area contributed by atoms with E-state index in [0.29, 0.717) is 28.3 Å². The molecule has 3 atom stereocenters. The number of ether oxygens (including phenoxy) is 2. The maximum atomic E-state index is 13.6. The van der Waals surface area contributed by atoms with Crippen LogP contribution < -0.4 is 4.90 Å². The minimum absolute atomic E-state index is 0.0234. The van der Waals surface area contributed by atoms with Gasteiger partial charge in [0.25, 0.3) is 0 Å². The molecule has 0 aromatic heterocycles. The summed E-state index contributed by atoms with van der Waals surface area (Å²) in [6, 6.07) is 4.48. The summed E-state index contributed by atoms with van der Waals surface area (Å²) in [5.41, 5.74) is -2.72. The lowest BCUT2D eigenvalue weighted by Crippen LogP contribution is -2.50. The molecule has 3 unspecified atom stereocenters. The fourth-order valence-corrected chi connectivity index (χ4v) is 6.18. The number of hydrogen-bond acceptors (Lipinski definition) is 5. The smallest absolute Gasteiger partial charge is 0.416 e. The van der Waals surface area contributed by atoms with Gasteiger partial charge in [-0.1, -0.05) is 0 Å². The molecule has 4 rings (SSSR count). The third-order valence-electron chi connectivity index (χ3n) is 7.42. The highest BCUT2D eigenvalue weighted by Gasteiger charge is 2.47. The van der Waals surface area contributed by atoms with Gasteiger partial charge >= 0.3 is 24.5 Å². The standard InChI is InChI=1S/C29H32F6N2O5S/c1-5-43(40)21-8-9-23-22(13-21)25(14-24(18-6-7-18)37(23)27(39)42-16(2)3)36(26(38)41-4)15-17-10-19(28(30,31)32)12-20(11-17)29(33,34)35/h8-13,16,18,24-25H,5-7,14-15H2,1-4H3. The summed E-state index contributed by atoms with van der Waals surface area (Å²) >= 11 is -1.45. The maximum Gasteiger partial charge on any atom is 0.416 e. The predicted molar refractivity (Wildman–Crippen MR) is 146 cm³/mol. The van der Waals surface area contributed by atoms with Gasteiger partial charge in [0.15, 0.2) is 4.90 Å². The zero-order chi connectivity index (χ0) is 31.9. The summed E-state index contributed by atoms with van der Waals surface area (Å²) in [6.45, 7) is 4.43. The van der Waals surface area contributed by atoms with Gasteiger partial charge in [-0.05, 0) is 93.0 Å². The fraction of sp³-hybridized carbons (Fsp3) is 0.517. The number of alkyl halides is 6. The van der Waals surface area contributed by atoms with E-state index in [-0.39, 0.29) is 24.2 Å². The van der Waals surface area contributed by atoms with E-state index in [9.17, 15) is 40.5 Å². The van der Waals surface area contributed by atoms with Crippen LogP contribution in [0.2, 0.25) is 0 Å². The largest absolute Gasteiger partial charge is 0.611 e. The molecule has 43 heavy (non-hydrogen) atoms. The molecule has 0 N–H and O–H groups in total. The highest BCUT2D eigenvalue weighted by molar-refractivity contribution is 7.91. The zero-order valence-electron chi connectivity index (χ0n) is 23.9. The third-order valence-corrected chi connectivity index (χ3v) is 8.73. The number of benzene rings is 2. The van der Waals surface area contributed by atoms with Crippen molar-refractivity contribution >= 4 is 29.0 Å². The number of rotatable bonds is 7. The summed E-state index contributed by atoms with van der Waals surface area (Å²) in [6.07, 6.45) is -10.6. The van der Waals surface area contributed by atoms with E-state index in [1.165, 1.54) is 4.90 Å². The first-order valence-corrected chi connectivity index (χ1v) is 15.0. The van der Waals surface area contributed by atoms with Gasteiger partial charge in [-0.3, -0.25) is 9.80 Å². The molecule has 1 saturated carbocycles. The first-order valence-electron chi connectivity index (χ1n) is 13.7. The van der Waals surface area contributed by atoms with Crippen molar-refractivity contribution in [3.63, 3.8) is 0 Å². The van der Waals surface area contributed by atoms with Crippen molar-refractivity contribution in [1.29, 1.82) is 0 Å². The Balaban J connectivity index is 1.87. The third kappa shape index (κ3) is 7.34. The van der Waals surface area contributed by atoms with E-state index in [1.54, 1.807) is 39.0 Å². The van der Waals surface area contributed by atoms with Crippen LogP contribution in [0.1, 0.15) is 68.3 Å². The van der Waals surface area contributed by atoms with E-state index in [2.05, 4.69) is 0 Å². The van der Waals surface area contributed by atoms with Crippen LogP contribution in [0.25, 0.3) is 0 Å². The van der Waals surface area contributed by atoms with Crippen LogP contribution in [0.5, 0.6) is 0 Å². The minimum Gasteiger partial charge on any atom is -0.611 e. The van der Waals surface area contributed by atoms with Crippen LogP contribution in [0.15, 0.2) is 41.3 Å². The molecule has 1 aliphatic carbocycles. The van der Waals surface area contributed by atoms with Gasteiger partial charge in [0, 0.05) is 24.2 Å². The van der Waals surface area contributed by atoms with Crippen molar-refractivity contribution in [2.75, 3.05) is 17.8 Å². The Hall–Kier alpha value is -3.13. The Morgan fingerprint density at radius 2 is 1.65 bits per heavy atom. The summed E-state index contributed by atoms with van der Waals surface area (Å²) < 4.78 is 105. The average Bonchev–Trinajstić information content (AvgIpc) is 3.78. The summed E-state index contributed by atoms with van der Waals surface area (Å²) in [5.74, 6) is 0.294. The van der Waals surface area contributed by atoms with Crippen molar-refractivity contribution in [3.8, 4) is 0 Å². The van der Waals surface area contributed by atoms with Gasteiger partial charge in [0.2, 0.25) is 0 Å². The zero-order valence-corrected chi connectivity index (χ0v) is 24.7. The lowest BCUT2D eigenvalue weighted by atomic mass is 9.87. The Morgan fingerprint density at radius 3 is 2.14 bits per heavy atom. The second-order valence-electron chi connectivity index (χ2n) is 10.8. The normalized spacial score (nSPS) is 19.6. The van der Waals surface area contributed by atoms with E-state index in [4.69, 9.17) is 9.47 Å². The SMILES string of the molecule is CC[S+]([O-])c1ccc2c(c1)C(N(Cc1cc(C(F)(F)F)cc(C(F)(F)F)c1)C(=O)OC)CC(C1CC1)N2C(=O)OC(C)C. The van der Waals surface area contributed by atoms with E-state index in [1.807, 2.05) is 0 Å². The van der Waals surface area contributed by atoms with E-state index < -0.39 is 77.1 Å². The highest BCUT2D eigenvalue weighted by Crippen LogP contribution is 2.49. The Morgan fingerprint density at radius 1 is 1.05 bits per heavy atom. The molecule has 1 aliphatic heterocycles. The van der Waals surface area contributed by atoms with Gasteiger partial charge in [-0.2, -0.15) is 26.3 Å². The van der Waals surface area contributed by atoms with E-state index >= 15 is 0 Å². The minimum atomic E-state index is -5.07. The number of halogens is 6. The van der Waals surface area contributed by atoms with Crippen molar-refractivity contribution < 1.29 is 50.0 Å². The Bertz CT molecular complexity index is 1320. The van der Waals surface area contributed by atoms with Crippen molar-refractivity contribution in [1.82, 2.24) is 4.90 Å². The highest BCUT2D eigenvalue weighted by atomic mass is 32.2. The Labute approximate surface area is 248 Å². The topological polar surface area (TPSA) is 82.1 Å². The molecule has 1 heterocycles. The molecule has 236 valence electrons. The van der Waals surface area contributed by atoms with E-state index in [0.717, 1.165) is 24.9 Å². The summed E-state index contributed by atoms with van der Waals surface area (Å²) in [7, 11) is 1.06. The number of carbonyl (C=O) groups is 2. The van der Waals surface area contributed by atoms with Gasteiger partial charge in [0.1, 0.15) is 5.75 Å². The number of hydrogen-bond donors (Lipinski definition) is 0. The molecule has 2 aromatic carbocycles. The number of anilines is 1. The molecule has 1 fully saturated rings. The predicted octanol–water partition coefficient (Wildman–Crippen LogP) is 7.70. The molecular formula is C29H32F6N2O5S. The molecule has 0 spiro atoms. The molecule has 7 nitrogen and oxygen atoms in total. The molecule has 2 aliphatic rings. The van der Waals surface area contributed by atoms with Crippen molar-refractivity contribution in [2.24, 2.45) is 5.92 Å². The van der Waals surface area contributed by atoms with Crippen molar-refractivity contribution in [2.45, 2.75) is 82.0 Å². The molecule has 14 heteroatoms. The number of carbonyl (C=O) groups excluding carboxylic acids is 2. The van der Waals surface area contributed by atoms with Gasteiger partial charge < -0.3 is 14.0 Å². The lowest BCUT2D eigenvalue weighted by Gasteiger charge is -2.44. The molecule has 0 radical (unpaired) electrons. The second kappa shape index (κ2) is 12.5. The molecule has 0 saturated heterocycles. The average molecular weight is 635 g/mol. The quantitative estimate of drug-likeness (QED) is 0.230. The number of methoxy groups -OCH3 is 1. The van der Waals surface area contributed by atoms with Crippen LogP contribution in [-0.2, 0) is 39.5 Å². The van der Waals surface area contributed by atoms with Crippen LogP contribution in [0, 0.1) is 5.92 Å². The number of fused-ring (bicyclic) bond motifs is 1. The van der Waals surface area contributed by atoms with Crippen LogP contribution in [-0.4, -0.2) is 46.6 Å². The van der Waals surface area contributed by atoms with Gasteiger partial charge in [-0.25, -0.2) is 9.59 Å².